The van der Waals surface area contributed by atoms with Crippen molar-refractivity contribution in [3.63, 3.8) is 0 Å². The molecule has 0 aliphatic carbocycles. The van der Waals surface area contributed by atoms with Gasteiger partial charge in [-0.3, -0.25) is 9.97 Å². The lowest BCUT2D eigenvalue weighted by Crippen LogP contribution is -2.25. The second-order valence-corrected chi connectivity index (χ2v) is 7.96. The summed E-state index contributed by atoms with van der Waals surface area (Å²) in [6, 6.07) is 7.54. The molecular formula is C21H21N5OS. The van der Waals surface area contributed by atoms with Crippen molar-refractivity contribution in [3.8, 4) is 11.4 Å². The minimum absolute atomic E-state index is 0.401. The quantitative estimate of drug-likeness (QED) is 0.555. The summed E-state index contributed by atoms with van der Waals surface area (Å²) in [5.74, 6) is 1.45. The zero-order valence-corrected chi connectivity index (χ0v) is 16.8. The number of fused-ring (bicyclic) bond motifs is 1. The third-order valence-electron chi connectivity index (χ3n) is 4.81. The largest absolute Gasteiger partial charge is 0.386 e. The Morgan fingerprint density at radius 2 is 1.82 bits per heavy atom. The molecule has 0 aliphatic rings. The molecule has 0 aliphatic heterocycles. The number of aromatic nitrogens is 4. The van der Waals surface area contributed by atoms with E-state index < -0.39 is 6.10 Å². The Labute approximate surface area is 167 Å². The lowest BCUT2D eigenvalue weighted by atomic mass is 10.1. The summed E-state index contributed by atoms with van der Waals surface area (Å²) < 4.78 is 0. The molecule has 4 rings (SSSR count). The normalized spacial score (nSPS) is 12.3. The van der Waals surface area contributed by atoms with E-state index in [0.717, 1.165) is 27.2 Å². The van der Waals surface area contributed by atoms with E-state index in [4.69, 9.17) is 9.97 Å². The molecule has 1 unspecified atom stereocenters. The third kappa shape index (κ3) is 3.46. The van der Waals surface area contributed by atoms with Crippen molar-refractivity contribution in [2.75, 3.05) is 18.5 Å². The highest BCUT2D eigenvalue weighted by molar-refractivity contribution is 7.18. The summed E-state index contributed by atoms with van der Waals surface area (Å²) in [6.07, 6.45) is 6.23. The first-order chi connectivity index (χ1) is 13.5. The number of aryl methyl sites for hydroxylation is 2. The molecule has 142 valence electrons. The number of likely N-dealkylation sites (N-methyl/N-ethyl adjacent to an activating group) is 1. The number of aliphatic hydroxyl groups is 1. The number of hydrogen-bond acceptors (Lipinski definition) is 7. The molecule has 4 aromatic rings. The second-order valence-electron chi connectivity index (χ2n) is 6.76. The number of hydrogen-bond donors (Lipinski definition) is 1. The summed E-state index contributed by atoms with van der Waals surface area (Å²) in [6.45, 7) is 4.59. The van der Waals surface area contributed by atoms with Gasteiger partial charge >= 0.3 is 0 Å². The van der Waals surface area contributed by atoms with Crippen molar-refractivity contribution in [1.82, 2.24) is 19.9 Å². The molecule has 1 N–H and O–H groups in total. The molecule has 28 heavy (non-hydrogen) atoms. The number of aliphatic hydroxyl groups excluding tert-OH is 1. The van der Waals surface area contributed by atoms with E-state index in [2.05, 4.69) is 23.8 Å². The van der Waals surface area contributed by atoms with Crippen LogP contribution in [-0.2, 0) is 0 Å². The lowest BCUT2D eigenvalue weighted by molar-refractivity contribution is 0.184. The number of anilines is 1. The fourth-order valence-corrected chi connectivity index (χ4v) is 4.18. The van der Waals surface area contributed by atoms with Gasteiger partial charge in [0.15, 0.2) is 5.82 Å². The first kappa shape index (κ1) is 18.5. The molecular weight excluding hydrogens is 370 g/mol. The third-order valence-corrected chi connectivity index (χ3v) is 5.91. The highest BCUT2D eigenvalue weighted by Gasteiger charge is 2.20. The summed E-state index contributed by atoms with van der Waals surface area (Å²) in [5.41, 5.74) is 2.83. The van der Waals surface area contributed by atoms with Gasteiger partial charge in [-0.15, -0.1) is 11.3 Å². The Bertz CT molecular complexity index is 1100. The van der Waals surface area contributed by atoms with E-state index in [-0.39, 0.29) is 0 Å². The van der Waals surface area contributed by atoms with Gasteiger partial charge in [-0.1, -0.05) is 6.07 Å². The van der Waals surface area contributed by atoms with Gasteiger partial charge in [0.25, 0.3) is 0 Å². The first-order valence-electron chi connectivity index (χ1n) is 9.02. The standard InChI is InChI=1S/C21H21N5OS/c1-13-14(2)28-21-18(13)20(24-19(25-21)16-7-5-9-23-11-16)26(3)12-17(27)15-6-4-8-22-10-15/h4-11,17,27H,12H2,1-3H3. The highest BCUT2D eigenvalue weighted by Crippen LogP contribution is 2.36. The Balaban J connectivity index is 1.78. The fourth-order valence-electron chi connectivity index (χ4n) is 3.15. The van der Waals surface area contributed by atoms with Crippen molar-refractivity contribution in [2.24, 2.45) is 0 Å². The minimum Gasteiger partial charge on any atom is -0.386 e. The average molecular weight is 392 g/mol. The van der Waals surface area contributed by atoms with Crippen molar-refractivity contribution < 1.29 is 5.11 Å². The SMILES string of the molecule is Cc1sc2nc(-c3cccnc3)nc(N(C)CC(O)c3cccnc3)c2c1C. The van der Waals surface area contributed by atoms with Crippen LogP contribution in [0.15, 0.2) is 49.1 Å². The van der Waals surface area contributed by atoms with Crippen molar-refractivity contribution in [1.29, 1.82) is 0 Å². The summed E-state index contributed by atoms with van der Waals surface area (Å²) >= 11 is 1.66. The Kier molecular flexibility index (Phi) is 5.02. The average Bonchev–Trinajstić information content (AvgIpc) is 3.02. The number of pyridine rings is 2. The maximum atomic E-state index is 10.7. The van der Waals surface area contributed by atoms with E-state index in [1.807, 2.05) is 36.2 Å². The lowest BCUT2D eigenvalue weighted by Gasteiger charge is -2.23. The molecule has 0 saturated carbocycles. The molecule has 0 fully saturated rings. The van der Waals surface area contributed by atoms with Crippen molar-refractivity contribution in [2.45, 2.75) is 20.0 Å². The zero-order chi connectivity index (χ0) is 19.7. The first-order valence-corrected chi connectivity index (χ1v) is 9.83. The maximum absolute atomic E-state index is 10.7. The van der Waals surface area contributed by atoms with Gasteiger partial charge in [-0.2, -0.15) is 0 Å². The summed E-state index contributed by atoms with van der Waals surface area (Å²) in [5, 5.41) is 11.7. The van der Waals surface area contributed by atoms with E-state index >= 15 is 0 Å². The maximum Gasteiger partial charge on any atom is 0.164 e. The van der Waals surface area contributed by atoms with Crippen LogP contribution in [0, 0.1) is 13.8 Å². The minimum atomic E-state index is -0.661. The van der Waals surface area contributed by atoms with E-state index in [1.165, 1.54) is 10.4 Å². The topological polar surface area (TPSA) is 75.0 Å². The Hall–Kier alpha value is -2.90. The zero-order valence-electron chi connectivity index (χ0n) is 16.0. The molecule has 4 aromatic heterocycles. The monoisotopic (exact) mass is 391 g/mol. The van der Waals surface area contributed by atoms with E-state index in [1.54, 1.807) is 36.1 Å². The summed E-state index contributed by atoms with van der Waals surface area (Å²) in [7, 11) is 1.95. The van der Waals surface area contributed by atoms with Crippen LogP contribution in [0.5, 0.6) is 0 Å². The van der Waals surface area contributed by atoms with Crippen LogP contribution in [0.2, 0.25) is 0 Å². The van der Waals surface area contributed by atoms with Gasteiger partial charge in [0, 0.05) is 54.4 Å². The van der Waals surface area contributed by atoms with Gasteiger partial charge in [0.2, 0.25) is 0 Å². The number of rotatable bonds is 5. The molecule has 7 heteroatoms. The molecule has 0 radical (unpaired) electrons. The molecule has 0 amide bonds. The second kappa shape index (κ2) is 7.61. The van der Waals surface area contributed by atoms with Crippen molar-refractivity contribution in [3.05, 3.63) is 65.1 Å². The van der Waals surface area contributed by atoms with Gasteiger partial charge in [-0.25, -0.2) is 9.97 Å². The molecule has 6 nitrogen and oxygen atoms in total. The van der Waals surface area contributed by atoms with Crippen LogP contribution in [0.1, 0.15) is 22.1 Å². The van der Waals surface area contributed by atoms with Crippen molar-refractivity contribution >= 4 is 27.4 Å². The van der Waals surface area contributed by atoms with Gasteiger partial charge < -0.3 is 10.0 Å². The van der Waals surface area contributed by atoms with Crippen LogP contribution in [0.4, 0.5) is 5.82 Å². The van der Waals surface area contributed by atoms with Crippen LogP contribution in [0.3, 0.4) is 0 Å². The molecule has 1 atom stereocenters. The van der Waals surface area contributed by atoms with Crippen LogP contribution in [0.25, 0.3) is 21.6 Å². The van der Waals surface area contributed by atoms with Gasteiger partial charge in [0.1, 0.15) is 10.6 Å². The predicted molar refractivity (Wildman–Crippen MR) is 113 cm³/mol. The molecule has 0 bridgehead atoms. The number of thiophene rings is 1. The number of nitrogens with zero attached hydrogens (tertiary/aromatic N) is 5. The Morgan fingerprint density at radius 1 is 1.07 bits per heavy atom. The predicted octanol–water partition coefficient (Wildman–Crippen LogP) is 3.93. The molecule has 0 aromatic carbocycles. The molecule has 0 spiro atoms. The molecule has 0 saturated heterocycles. The Morgan fingerprint density at radius 3 is 2.50 bits per heavy atom. The molecule has 4 heterocycles. The van der Waals surface area contributed by atoms with Gasteiger partial charge in [-0.05, 0) is 37.6 Å². The van der Waals surface area contributed by atoms with Gasteiger partial charge in [0.05, 0.1) is 11.5 Å². The van der Waals surface area contributed by atoms with Crippen LogP contribution in [-0.4, -0.2) is 38.6 Å². The van der Waals surface area contributed by atoms with Crippen LogP contribution >= 0.6 is 11.3 Å². The van der Waals surface area contributed by atoms with Crippen LogP contribution < -0.4 is 4.90 Å². The smallest absolute Gasteiger partial charge is 0.164 e. The van der Waals surface area contributed by atoms with E-state index in [0.29, 0.717) is 12.4 Å². The fraction of sp³-hybridized carbons (Fsp3) is 0.238. The van der Waals surface area contributed by atoms with E-state index in [9.17, 15) is 5.11 Å². The highest BCUT2D eigenvalue weighted by atomic mass is 32.1. The summed E-state index contributed by atoms with van der Waals surface area (Å²) in [4.78, 5) is 22.1.